The van der Waals surface area contributed by atoms with Crippen LogP contribution in [0.1, 0.15) is 32.1 Å². The van der Waals surface area contributed by atoms with Crippen LogP contribution in [-0.4, -0.2) is 36.0 Å². The zero-order valence-electron chi connectivity index (χ0n) is 21.6. The second-order valence-electron chi connectivity index (χ2n) is 10.2. The summed E-state index contributed by atoms with van der Waals surface area (Å²) in [6.07, 6.45) is 8.66. The zero-order chi connectivity index (χ0) is 27.1. The van der Waals surface area contributed by atoms with Gasteiger partial charge in [0.2, 0.25) is 5.91 Å². The van der Waals surface area contributed by atoms with Crippen LogP contribution >= 0.6 is 0 Å². The number of para-hydroxylation sites is 1. The summed E-state index contributed by atoms with van der Waals surface area (Å²) in [7, 11) is 0. The van der Waals surface area contributed by atoms with E-state index in [0.717, 1.165) is 42.3 Å². The number of aromatic amines is 2. The second-order valence-corrected chi connectivity index (χ2v) is 10.2. The number of carbonyl (C=O) groups is 1. The molecule has 2 aromatic carbocycles. The zero-order valence-corrected chi connectivity index (χ0v) is 21.6. The second kappa shape index (κ2) is 10.00. The molecule has 7 rings (SSSR count). The maximum atomic E-state index is 14.6. The van der Waals surface area contributed by atoms with Crippen molar-refractivity contribution in [3.63, 3.8) is 0 Å². The highest BCUT2D eigenvalue weighted by Gasteiger charge is 2.22. The van der Waals surface area contributed by atoms with E-state index in [1.165, 1.54) is 12.5 Å². The lowest BCUT2D eigenvalue weighted by molar-refractivity contribution is -0.120. The Hall–Kier alpha value is -4.92. The van der Waals surface area contributed by atoms with Gasteiger partial charge in [-0.25, -0.2) is 14.4 Å². The largest absolute Gasteiger partial charge is 0.336 e. The summed E-state index contributed by atoms with van der Waals surface area (Å²) in [6, 6.07) is 18.0. The maximum Gasteiger partial charge on any atom is 0.227 e. The highest BCUT2D eigenvalue weighted by atomic mass is 19.1. The summed E-state index contributed by atoms with van der Waals surface area (Å²) in [5.74, 6) is 0.338. The Morgan fingerprint density at radius 1 is 0.875 bits per heavy atom. The minimum atomic E-state index is -0.304. The van der Waals surface area contributed by atoms with Gasteiger partial charge < -0.3 is 10.3 Å². The third-order valence-corrected chi connectivity index (χ3v) is 7.59. The van der Waals surface area contributed by atoms with Crippen molar-refractivity contribution in [2.75, 3.05) is 5.32 Å². The number of H-pyrrole nitrogens is 2. The Morgan fingerprint density at radius 2 is 1.73 bits per heavy atom. The van der Waals surface area contributed by atoms with Crippen LogP contribution in [-0.2, 0) is 4.79 Å². The lowest BCUT2D eigenvalue weighted by Crippen LogP contribution is -2.24. The standard InChI is InChI=1S/C31H26FN7O/c32-23-11-5-4-9-21(23)22-10-6-12-25-27(22)37-30(36-25)29-28-26(38-39-29)14-13-24(35-28)19-15-20(17-33-16-19)34-31(40)18-7-2-1-3-8-18/h4-6,9-18H,1-3,7-8H2,(H,34,40)(H,36,37)(H,38,39). The van der Waals surface area contributed by atoms with Gasteiger partial charge in [-0.15, -0.1) is 0 Å². The number of carbonyl (C=O) groups excluding carboxylic acids is 1. The number of aromatic nitrogens is 6. The lowest BCUT2D eigenvalue weighted by atomic mass is 9.88. The van der Waals surface area contributed by atoms with Crippen LogP contribution in [0.3, 0.4) is 0 Å². The molecule has 0 bridgehead atoms. The molecule has 9 heteroatoms. The molecule has 1 aliphatic carbocycles. The van der Waals surface area contributed by atoms with E-state index in [2.05, 4.69) is 25.5 Å². The first-order valence-corrected chi connectivity index (χ1v) is 13.5. The Bertz CT molecular complexity index is 1870. The molecule has 6 aromatic rings. The fourth-order valence-corrected chi connectivity index (χ4v) is 5.52. The normalized spacial score (nSPS) is 14.1. The average molecular weight is 532 g/mol. The molecule has 40 heavy (non-hydrogen) atoms. The molecule has 1 fully saturated rings. The molecular weight excluding hydrogens is 505 g/mol. The van der Waals surface area contributed by atoms with Gasteiger partial charge in [0, 0.05) is 28.8 Å². The van der Waals surface area contributed by atoms with Crippen LogP contribution < -0.4 is 5.32 Å². The van der Waals surface area contributed by atoms with Crippen molar-refractivity contribution in [1.82, 2.24) is 30.1 Å². The molecule has 1 aliphatic rings. The van der Waals surface area contributed by atoms with Gasteiger partial charge in [0.05, 0.1) is 34.1 Å². The number of pyridine rings is 2. The monoisotopic (exact) mass is 531 g/mol. The van der Waals surface area contributed by atoms with Gasteiger partial charge >= 0.3 is 0 Å². The van der Waals surface area contributed by atoms with Gasteiger partial charge in [-0.1, -0.05) is 49.6 Å². The van der Waals surface area contributed by atoms with Gasteiger partial charge in [-0.3, -0.25) is 14.9 Å². The predicted octanol–water partition coefficient (Wildman–Crippen LogP) is 6.89. The number of halogens is 1. The van der Waals surface area contributed by atoms with E-state index in [1.54, 1.807) is 24.5 Å². The molecule has 8 nitrogen and oxygen atoms in total. The summed E-state index contributed by atoms with van der Waals surface area (Å²) >= 11 is 0. The minimum absolute atomic E-state index is 0.0545. The van der Waals surface area contributed by atoms with Gasteiger partial charge in [0.15, 0.2) is 11.5 Å². The number of imidazole rings is 1. The number of anilines is 1. The smallest absolute Gasteiger partial charge is 0.227 e. The SMILES string of the molecule is O=C(Nc1cncc(-c2ccc3[nH]nc(-c4nc5c(-c6ccccc6F)cccc5[nH]4)c3n2)c1)C1CCCCC1. The van der Waals surface area contributed by atoms with E-state index in [1.807, 2.05) is 42.5 Å². The molecule has 198 valence electrons. The summed E-state index contributed by atoms with van der Waals surface area (Å²) in [5, 5.41) is 10.6. The van der Waals surface area contributed by atoms with Crippen molar-refractivity contribution in [3.8, 4) is 33.9 Å². The number of amides is 1. The van der Waals surface area contributed by atoms with E-state index in [4.69, 9.17) is 9.97 Å². The van der Waals surface area contributed by atoms with Crippen LogP contribution in [0.2, 0.25) is 0 Å². The molecule has 0 atom stereocenters. The molecule has 0 saturated heterocycles. The van der Waals surface area contributed by atoms with Crippen molar-refractivity contribution in [3.05, 3.63) is 78.9 Å². The molecule has 0 aliphatic heterocycles. The number of nitrogens with zero attached hydrogens (tertiary/aromatic N) is 4. The number of hydrogen-bond donors (Lipinski definition) is 3. The average Bonchev–Trinajstić information content (AvgIpc) is 3.62. The fourth-order valence-electron chi connectivity index (χ4n) is 5.52. The van der Waals surface area contributed by atoms with Crippen molar-refractivity contribution in [1.29, 1.82) is 0 Å². The Balaban J connectivity index is 1.23. The Morgan fingerprint density at radius 3 is 2.60 bits per heavy atom. The first-order chi connectivity index (χ1) is 19.6. The lowest BCUT2D eigenvalue weighted by Gasteiger charge is -2.20. The van der Waals surface area contributed by atoms with E-state index in [0.29, 0.717) is 45.1 Å². The number of hydrogen-bond acceptors (Lipinski definition) is 5. The third kappa shape index (κ3) is 4.39. The number of fused-ring (bicyclic) bond motifs is 2. The maximum absolute atomic E-state index is 14.6. The summed E-state index contributed by atoms with van der Waals surface area (Å²) in [4.78, 5) is 30.1. The van der Waals surface area contributed by atoms with Gasteiger partial charge in [0.1, 0.15) is 11.3 Å². The molecule has 0 spiro atoms. The van der Waals surface area contributed by atoms with Crippen LogP contribution in [0, 0.1) is 11.7 Å². The summed E-state index contributed by atoms with van der Waals surface area (Å²) in [5.41, 5.74) is 6.69. The first-order valence-electron chi connectivity index (χ1n) is 13.5. The van der Waals surface area contributed by atoms with Crippen LogP contribution in [0.15, 0.2) is 73.1 Å². The topological polar surface area (TPSA) is 112 Å². The molecule has 4 aromatic heterocycles. The van der Waals surface area contributed by atoms with Crippen LogP contribution in [0.4, 0.5) is 10.1 Å². The van der Waals surface area contributed by atoms with Crippen molar-refractivity contribution in [2.24, 2.45) is 5.92 Å². The fraction of sp³-hybridized carbons (Fsp3) is 0.194. The third-order valence-electron chi connectivity index (χ3n) is 7.59. The molecular formula is C31H26FN7O. The highest BCUT2D eigenvalue weighted by Crippen LogP contribution is 2.33. The van der Waals surface area contributed by atoms with Crippen LogP contribution in [0.5, 0.6) is 0 Å². The molecule has 1 amide bonds. The predicted molar refractivity (Wildman–Crippen MR) is 153 cm³/mol. The molecule has 0 radical (unpaired) electrons. The quantitative estimate of drug-likeness (QED) is 0.224. The highest BCUT2D eigenvalue weighted by molar-refractivity contribution is 5.97. The summed E-state index contributed by atoms with van der Waals surface area (Å²) < 4.78 is 14.6. The van der Waals surface area contributed by atoms with Gasteiger partial charge in [-0.2, -0.15) is 5.10 Å². The molecule has 4 heterocycles. The van der Waals surface area contributed by atoms with E-state index in [9.17, 15) is 9.18 Å². The summed E-state index contributed by atoms with van der Waals surface area (Å²) in [6.45, 7) is 0. The van der Waals surface area contributed by atoms with Crippen molar-refractivity contribution < 1.29 is 9.18 Å². The van der Waals surface area contributed by atoms with E-state index in [-0.39, 0.29) is 17.6 Å². The van der Waals surface area contributed by atoms with Gasteiger partial charge in [-0.05, 0) is 43.2 Å². The Labute approximate surface area is 229 Å². The van der Waals surface area contributed by atoms with E-state index < -0.39 is 0 Å². The minimum Gasteiger partial charge on any atom is -0.336 e. The van der Waals surface area contributed by atoms with Crippen LogP contribution in [0.25, 0.3) is 56.0 Å². The van der Waals surface area contributed by atoms with E-state index >= 15 is 0 Å². The molecule has 1 saturated carbocycles. The number of nitrogens with one attached hydrogen (secondary N) is 3. The first kappa shape index (κ1) is 24.1. The number of benzene rings is 2. The van der Waals surface area contributed by atoms with Gasteiger partial charge in [0.25, 0.3) is 0 Å². The molecule has 0 unspecified atom stereocenters. The molecule has 3 N–H and O–H groups in total. The Kier molecular flexibility index (Phi) is 6.03. The number of rotatable bonds is 5. The van der Waals surface area contributed by atoms with Crippen molar-refractivity contribution in [2.45, 2.75) is 32.1 Å². The van der Waals surface area contributed by atoms with Crippen molar-refractivity contribution >= 4 is 33.7 Å².